The fourth-order valence-corrected chi connectivity index (χ4v) is 4.26. The smallest absolute Gasteiger partial charge is 0.290 e. The average molecular weight is 418 g/mol. The molecule has 3 aromatic carbocycles. The van der Waals surface area contributed by atoms with Crippen LogP contribution in [0.15, 0.2) is 59.5 Å². The molecule has 1 saturated heterocycles. The highest BCUT2D eigenvalue weighted by Gasteiger charge is 2.25. The van der Waals surface area contributed by atoms with Gasteiger partial charge in [0.15, 0.2) is 0 Å². The summed E-state index contributed by atoms with van der Waals surface area (Å²) in [5.74, 6) is 0.562. The number of nitrogens with one attached hydrogen (secondary N) is 1. The summed E-state index contributed by atoms with van der Waals surface area (Å²) in [5.41, 5.74) is 4.32. The van der Waals surface area contributed by atoms with E-state index < -0.39 is 0 Å². The number of imide groups is 1. The zero-order chi connectivity index (χ0) is 21.5. The molecule has 0 saturated carbocycles. The lowest BCUT2D eigenvalue weighted by molar-refractivity contribution is -0.115. The maximum absolute atomic E-state index is 11.8. The van der Waals surface area contributed by atoms with Gasteiger partial charge in [0.05, 0.1) is 12.0 Å². The number of amides is 2. The van der Waals surface area contributed by atoms with E-state index in [9.17, 15) is 9.59 Å². The van der Waals surface area contributed by atoms with Crippen LogP contribution >= 0.6 is 11.8 Å². The van der Waals surface area contributed by atoms with Crippen LogP contribution in [0.5, 0.6) is 5.75 Å². The number of ether oxygens (including phenoxy) is 1. The molecule has 0 atom stereocenters. The number of benzene rings is 3. The molecule has 2 amide bonds. The van der Waals surface area contributed by atoms with Crippen molar-refractivity contribution in [2.75, 3.05) is 7.11 Å². The average Bonchev–Trinajstić information content (AvgIpc) is 3.03. The first-order chi connectivity index (χ1) is 14.2. The number of hydrogen-bond acceptors (Lipinski definition) is 4. The van der Waals surface area contributed by atoms with Crippen molar-refractivity contribution in [2.24, 2.45) is 0 Å². The van der Waals surface area contributed by atoms with Gasteiger partial charge in [0.25, 0.3) is 11.1 Å². The molecule has 30 heavy (non-hydrogen) atoms. The molecule has 0 radical (unpaired) electrons. The first-order valence-corrected chi connectivity index (χ1v) is 10.5. The Kier molecular flexibility index (Phi) is 5.16. The molecule has 1 heterocycles. The number of carbonyl (C=O) groups is 2. The molecule has 1 N–H and O–H groups in total. The molecule has 0 unspecified atom stereocenters. The van der Waals surface area contributed by atoms with Crippen molar-refractivity contribution >= 4 is 39.8 Å². The van der Waals surface area contributed by atoms with Crippen molar-refractivity contribution in [1.29, 1.82) is 0 Å². The lowest BCUT2D eigenvalue weighted by Crippen LogP contribution is -2.17. The summed E-state index contributed by atoms with van der Waals surface area (Å²) in [7, 11) is 1.71. The van der Waals surface area contributed by atoms with Crippen LogP contribution in [0.2, 0.25) is 0 Å². The van der Waals surface area contributed by atoms with Gasteiger partial charge in [-0.1, -0.05) is 51.1 Å². The Morgan fingerprint density at radius 2 is 1.57 bits per heavy atom. The lowest BCUT2D eigenvalue weighted by Gasteiger charge is -2.23. The first-order valence-electron chi connectivity index (χ1n) is 9.72. The van der Waals surface area contributed by atoms with E-state index in [-0.39, 0.29) is 16.6 Å². The zero-order valence-corrected chi connectivity index (χ0v) is 18.2. The number of methoxy groups -OCH3 is 1. The number of hydrogen-bond donors (Lipinski definition) is 1. The quantitative estimate of drug-likeness (QED) is 0.520. The van der Waals surface area contributed by atoms with E-state index >= 15 is 0 Å². The van der Waals surface area contributed by atoms with Gasteiger partial charge >= 0.3 is 0 Å². The molecule has 4 rings (SSSR count). The SMILES string of the molecule is COc1ccc(-c2ccc3cc(C=C4SC(=O)NC4=O)ccc3c2)cc1C(C)(C)C. The third kappa shape index (κ3) is 3.98. The maximum Gasteiger partial charge on any atom is 0.290 e. The summed E-state index contributed by atoms with van der Waals surface area (Å²) >= 11 is 0.931. The first kappa shape index (κ1) is 20.2. The monoisotopic (exact) mass is 417 g/mol. The highest BCUT2D eigenvalue weighted by molar-refractivity contribution is 8.18. The van der Waals surface area contributed by atoms with Gasteiger partial charge in [-0.15, -0.1) is 0 Å². The van der Waals surface area contributed by atoms with Crippen LogP contribution in [0.1, 0.15) is 31.9 Å². The normalized spacial score (nSPS) is 15.7. The topological polar surface area (TPSA) is 55.4 Å². The Labute approximate surface area is 180 Å². The predicted molar refractivity (Wildman–Crippen MR) is 124 cm³/mol. The molecule has 3 aromatic rings. The maximum atomic E-state index is 11.8. The van der Waals surface area contributed by atoms with Crippen LogP contribution in [-0.2, 0) is 10.2 Å². The summed E-state index contributed by atoms with van der Waals surface area (Å²) in [6.07, 6.45) is 1.75. The Balaban J connectivity index is 1.70. The molecule has 152 valence electrons. The van der Waals surface area contributed by atoms with Crippen molar-refractivity contribution in [3.63, 3.8) is 0 Å². The molecule has 1 fully saturated rings. The molecule has 4 nitrogen and oxygen atoms in total. The van der Waals surface area contributed by atoms with Crippen molar-refractivity contribution < 1.29 is 14.3 Å². The highest BCUT2D eigenvalue weighted by Crippen LogP contribution is 2.36. The lowest BCUT2D eigenvalue weighted by atomic mass is 9.84. The fraction of sp³-hybridized carbons (Fsp3) is 0.200. The van der Waals surface area contributed by atoms with Gasteiger partial charge in [0.1, 0.15) is 5.75 Å². The number of rotatable bonds is 3. The second kappa shape index (κ2) is 7.65. The fourth-order valence-electron chi connectivity index (χ4n) is 3.58. The van der Waals surface area contributed by atoms with E-state index in [0.717, 1.165) is 45.0 Å². The standard InChI is InChI=1S/C25H23NO3S/c1-25(2,3)20-14-19(9-10-21(20)29-4)18-8-7-16-11-15(5-6-17(16)13-18)12-22-23(27)26-24(28)30-22/h5-14H,1-4H3,(H,26,27,28). The Morgan fingerprint density at radius 3 is 2.23 bits per heavy atom. The van der Waals surface area contributed by atoms with Gasteiger partial charge in [-0.2, -0.15) is 0 Å². The highest BCUT2D eigenvalue weighted by atomic mass is 32.2. The van der Waals surface area contributed by atoms with Crippen molar-refractivity contribution in [2.45, 2.75) is 26.2 Å². The van der Waals surface area contributed by atoms with Gasteiger partial charge in [-0.3, -0.25) is 14.9 Å². The third-order valence-corrected chi connectivity index (χ3v) is 5.96. The van der Waals surface area contributed by atoms with Crippen molar-refractivity contribution in [3.8, 4) is 16.9 Å². The number of thioether (sulfide) groups is 1. The van der Waals surface area contributed by atoms with E-state index in [1.807, 2.05) is 24.3 Å². The van der Waals surface area contributed by atoms with Gasteiger partial charge in [-0.05, 0) is 75.0 Å². The molecule has 0 spiro atoms. The second-order valence-corrected chi connectivity index (χ2v) is 9.35. The van der Waals surface area contributed by atoms with Gasteiger partial charge in [-0.25, -0.2) is 0 Å². The predicted octanol–water partition coefficient (Wildman–Crippen LogP) is 6.14. The van der Waals surface area contributed by atoms with Crippen LogP contribution in [0.4, 0.5) is 4.79 Å². The minimum Gasteiger partial charge on any atom is -0.496 e. The Hall–Kier alpha value is -3.05. The molecular formula is C25H23NO3S. The van der Waals surface area contributed by atoms with E-state index in [4.69, 9.17) is 4.74 Å². The van der Waals surface area contributed by atoms with Crippen molar-refractivity contribution in [1.82, 2.24) is 5.32 Å². The summed E-state index contributed by atoms with van der Waals surface area (Å²) < 4.78 is 5.56. The Morgan fingerprint density at radius 1 is 0.900 bits per heavy atom. The summed E-state index contributed by atoms with van der Waals surface area (Å²) in [6.45, 7) is 6.55. The van der Waals surface area contributed by atoms with Crippen LogP contribution in [-0.4, -0.2) is 18.3 Å². The molecular weight excluding hydrogens is 394 g/mol. The molecule has 0 aliphatic carbocycles. The zero-order valence-electron chi connectivity index (χ0n) is 17.4. The summed E-state index contributed by atoms with van der Waals surface area (Å²) in [4.78, 5) is 23.5. The Bertz CT molecular complexity index is 1200. The van der Waals surface area contributed by atoms with Gasteiger partial charge in [0, 0.05) is 5.56 Å². The second-order valence-electron chi connectivity index (χ2n) is 8.34. The van der Waals surface area contributed by atoms with Gasteiger partial charge in [0.2, 0.25) is 0 Å². The summed E-state index contributed by atoms with van der Waals surface area (Å²) in [5, 5.41) is 4.14. The van der Waals surface area contributed by atoms with E-state index in [1.54, 1.807) is 13.2 Å². The summed E-state index contributed by atoms with van der Waals surface area (Å²) in [6, 6.07) is 18.7. The molecule has 0 aromatic heterocycles. The third-order valence-electron chi connectivity index (χ3n) is 5.14. The largest absolute Gasteiger partial charge is 0.496 e. The van der Waals surface area contributed by atoms with Crippen LogP contribution in [0.3, 0.4) is 0 Å². The van der Waals surface area contributed by atoms with Crippen molar-refractivity contribution in [3.05, 3.63) is 70.6 Å². The molecule has 1 aliphatic rings. The molecule has 0 bridgehead atoms. The number of fused-ring (bicyclic) bond motifs is 1. The van der Waals surface area contributed by atoms with E-state index in [0.29, 0.717) is 4.91 Å². The van der Waals surface area contributed by atoms with Crippen LogP contribution in [0, 0.1) is 0 Å². The molecule has 1 aliphatic heterocycles. The molecule has 5 heteroatoms. The van der Waals surface area contributed by atoms with Crippen LogP contribution < -0.4 is 10.1 Å². The minimum absolute atomic E-state index is 0.0213. The number of carbonyl (C=O) groups excluding carboxylic acids is 2. The van der Waals surface area contributed by atoms with E-state index in [1.165, 1.54) is 5.56 Å². The minimum atomic E-state index is -0.338. The van der Waals surface area contributed by atoms with Gasteiger partial charge < -0.3 is 4.74 Å². The van der Waals surface area contributed by atoms with E-state index in [2.05, 4.69) is 56.4 Å². The van der Waals surface area contributed by atoms with Crippen LogP contribution in [0.25, 0.3) is 28.0 Å².